The predicted molar refractivity (Wildman–Crippen MR) is 65.4 cm³/mol. The third-order valence-electron chi connectivity index (χ3n) is 2.97. The average Bonchev–Trinajstić information content (AvgIpc) is 2.55. The van der Waals surface area contributed by atoms with Gasteiger partial charge in [0.2, 0.25) is 0 Å². The fourth-order valence-electron chi connectivity index (χ4n) is 2.10. The van der Waals surface area contributed by atoms with Crippen LogP contribution in [0.4, 0.5) is 5.13 Å². The number of nitrogen functional groups attached to an aromatic ring is 1. The molecule has 1 aliphatic heterocycles. The van der Waals surface area contributed by atoms with Gasteiger partial charge in [0.1, 0.15) is 0 Å². The van der Waals surface area contributed by atoms with E-state index < -0.39 is 0 Å². The smallest absolute Gasteiger partial charge is 0.373 e. The summed E-state index contributed by atoms with van der Waals surface area (Å²) in [6.07, 6.45) is 1.32. The van der Waals surface area contributed by atoms with Gasteiger partial charge < -0.3 is 5.73 Å². The van der Waals surface area contributed by atoms with Gasteiger partial charge in [0.15, 0.2) is 5.13 Å². The highest BCUT2D eigenvalue weighted by molar-refractivity contribution is 7.15. The van der Waals surface area contributed by atoms with E-state index in [1.165, 1.54) is 10.6 Å². The Morgan fingerprint density at radius 3 is 2.65 bits per heavy atom. The third kappa shape index (κ3) is 3.12. The molecule has 5 nitrogen and oxygen atoms in total. The monoisotopic (exact) mass is 255 g/mol. The van der Waals surface area contributed by atoms with E-state index >= 15 is 0 Å². The summed E-state index contributed by atoms with van der Waals surface area (Å²) in [5, 5.41) is 0.712. The number of fused-ring (bicyclic) bond motifs is 1. The van der Waals surface area contributed by atoms with E-state index in [0.29, 0.717) is 5.13 Å². The first-order valence-electron chi connectivity index (χ1n) is 5.43. The lowest BCUT2D eigenvalue weighted by Crippen LogP contribution is -2.47. The van der Waals surface area contributed by atoms with Gasteiger partial charge in [-0.1, -0.05) is 6.92 Å². The molecule has 2 heterocycles. The quantitative estimate of drug-likeness (QED) is 0.818. The van der Waals surface area contributed by atoms with Gasteiger partial charge in [0.25, 0.3) is 0 Å². The Kier molecular flexibility index (Phi) is 4.40. The topological polar surface area (TPSA) is 76.3 Å². The number of rotatable bonds is 1. The van der Waals surface area contributed by atoms with Crippen LogP contribution in [-0.2, 0) is 22.6 Å². The minimum Gasteiger partial charge on any atom is -0.375 e. The highest BCUT2D eigenvalue weighted by Crippen LogP contribution is 2.34. The van der Waals surface area contributed by atoms with Crippen molar-refractivity contribution in [2.75, 3.05) is 12.3 Å². The summed E-state index contributed by atoms with van der Waals surface area (Å²) in [6, 6.07) is 0. The first kappa shape index (κ1) is 13.8. The van der Waals surface area contributed by atoms with Crippen molar-refractivity contribution in [2.45, 2.75) is 39.3 Å². The van der Waals surface area contributed by atoms with Gasteiger partial charge in [-0.3, -0.25) is 4.90 Å². The second-order valence-electron chi connectivity index (χ2n) is 4.51. The maximum absolute atomic E-state index is 8.12. The van der Waals surface area contributed by atoms with E-state index in [1.807, 2.05) is 0 Å². The zero-order valence-corrected chi connectivity index (χ0v) is 11.1. The van der Waals surface area contributed by atoms with E-state index in [9.17, 15) is 0 Å². The number of hydrogen-bond donors (Lipinski definition) is 1. The van der Waals surface area contributed by atoms with E-state index in [1.54, 1.807) is 11.3 Å². The summed E-state index contributed by atoms with van der Waals surface area (Å²) in [4.78, 5) is 24.4. The molecule has 0 spiro atoms. The molecule has 1 aromatic heterocycles. The number of anilines is 1. The van der Waals surface area contributed by atoms with Crippen LogP contribution >= 0.6 is 11.3 Å². The molecule has 0 saturated heterocycles. The minimum atomic E-state index is 0.250. The Hall–Kier alpha value is -1.23. The molecule has 2 rings (SSSR count). The summed E-state index contributed by atoms with van der Waals surface area (Å²) in [7, 11) is 0. The fraction of sp³-hybridized carbons (Fsp3) is 0.636. The lowest BCUT2D eigenvalue weighted by molar-refractivity contribution is -0.191. The number of nitrogens with two attached hydrogens (primary N) is 1. The van der Waals surface area contributed by atoms with Gasteiger partial charge >= 0.3 is 6.15 Å². The summed E-state index contributed by atoms with van der Waals surface area (Å²) in [5.41, 5.74) is 7.16. The zero-order valence-electron chi connectivity index (χ0n) is 10.3. The minimum absolute atomic E-state index is 0.250. The molecule has 0 aliphatic carbocycles. The highest BCUT2D eigenvalue weighted by Gasteiger charge is 2.33. The maximum atomic E-state index is 8.12. The maximum Gasteiger partial charge on any atom is 0.373 e. The average molecular weight is 255 g/mol. The normalized spacial score (nSPS) is 17.6. The van der Waals surface area contributed by atoms with Crippen LogP contribution in [0.1, 0.15) is 31.3 Å². The molecule has 0 radical (unpaired) electrons. The van der Waals surface area contributed by atoms with Crippen LogP contribution in [0, 0.1) is 0 Å². The summed E-state index contributed by atoms with van der Waals surface area (Å²) >= 11 is 1.65. The second kappa shape index (κ2) is 5.40. The van der Waals surface area contributed by atoms with Crippen LogP contribution < -0.4 is 5.73 Å². The van der Waals surface area contributed by atoms with Crippen molar-refractivity contribution in [1.82, 2.24) is 9.88 Å². The van der Waals surface area contributed by atoms with Crippen molar-refractivity contribution in [3.05, 3.63) is 10.6 Å². The number of thiazole rings is 1. The Balaban J connectivity index is 0.000000437. The lowest BCUT2D eigenvalue weighted by atomic mass is 9.92. The van der Waals surface area contributed by atoms with E-state index in [0.717, 1.165) is 19.5 Å². The van der Waals surface area contributed by atoms with Crippen LogP contribution in [0.3, 0.4) is 0 Å². The van der Waals surface area contributed by atoms with Crippen molar-refractivity contribution >= 4 is 22.6 Å². The first-order chi connectivity index (χ1) is 7.94. The standard InChI is InChI=1S/C10H17N3S.CO2/c1-4-13-6-7-8(5-10(13,2)3)14-9(11)12-7;2-1-3/h4-6H2,1-3H3,(H2,11,12);. The molecule has 2 N–H and O–H groups in total. The number of aromatic nitrogens is 1. The molecule has 0 unspecified atom stereocenters. The Morgan fingerprint density at radius 2 is 2.12 bits per heavy atom. The van der Waals surface area contributed by atoms with Crippen molar-refractivity contribution in [2.24, 2.45) is 0 Å². The molecule has 0 saturated carbocycles. The number of hydrogen-bond acceptors (Lipinski definition) is 6. The molecule has 1 aromatic rings. The largest absolute Gasteiger partial charge is 0.375 e. The molecular formula is C11H17N3O2S. The van der Waals surface area contributed by atoms with E-state index in [2.05, 4.69) is 30.7 Å². The first-order valence-corrected chi connectivity index (χ1v) is 6.24. The molecule has 94 valence electrons. The van der Waals surface area contributed by atoms with Crippen LogP contribution in [-0.4, -0.2) is 28.1 Å². The van der Waals surface area contributed by atoms with Gasteiger partial charge in [0, 0.05) is 23.4 Å². The molecule has 0 fully saturated rings. The fourth-order valence-corrected chi connectivity index (χ4v) is 3.17. The summed E-state index contributed by atoms with van der Waals surface area (Å²) in [5.74, 6) is 0. The van der Waals surface area contributed by atoms with Gasteiger partial charge in [-0.15, -0.1) is 11.3 Å². The molecule has 0 bridgehead atoms. The Morgan fingerprint density at radius 1 is 1.53 bits per heavy atom. The molecule has 6 heteroatoms. The van der Waals surface area contributed by atoms with Crippen LogP contribution in [0.15, 0.2) is 0 Å². The molecule has 0 amide bonds. The molecule has 17 heavy (non-hydrogen) atoms. The summed E-state index contributed by atoms with van der Waals surface area (Å²) < 4.78 is 0. The van der Waals surface area contributed by atoms with Crippen molar-refractivity contribution in [3.8, 4) is 0 Å². The third-order valence-corrected chi connectivity index (χ3v) is 3.89. The van der Waals surface area contributed by atoms with E-state index in [4.69, 9.17) is 15.3 Å². The molecule has 0 atom stereocenters. The lowest BCUT2D eigenvalue weighted by Gasteiger charge is -2.40. The number of nitrogens with zero attached hydrogens (tertiary/aromatic N) is 2. The van der Waals surface area contributed by atoms with Crippen molar-refractivity contribution in [3.63, 3.8) is 0 Å². The van der Waals surface area contributed by atoms with Crippen molar-refractivity contribution in [1.29, 1.82) is 0 Å². The van der Waals surface area contributed by atoms with Crippen LogP contribution in [0.5, 0.6) is 0 Å². The van der Waals surface area contributed by atoms with Crippen LogP contribution in [0.2, 0.25) is 0 Å². The highest BCUT2D eigenvalue weighted by atomic mass is 32.1. The van der Waals surface area contributed by atoms with Crippen molar-refractivity contribution < 1.29 is 9.59 Å². The zero-order chi connectivity index (χ0) is 13.1. The van der Waals surface area contributed by atoms with Gasteiger partial charge in [-0.05, 0) is 20.4 Å². The van der Waals surface area contributed by atoms with Crippen LogP contribution in [0.25, 0.3) is 0 Å². The summed E-state index contributed by atoms with van der Waals surface area (Å²) in [6.45, 7) is 8.80. The Bertz CT molecular complexity index is 422. The second-order valence-corrected chi connectivity index (χ2v) is 5.62. The number of likely N-dealkylation sites (N-methyl/N-ethyl adjacent to an activating group) is 1. The van der Waals surface area contributed by atoms with Gasteiger partial charge in [0.05, 0.1) is 5.69 Å². The molecule has 0 aromatic carbocycles. The van der Waals surface area contributed by atoms with E-state index in [-0.39, 0.29) is 11.7 Å². The number of carbonyl (C=O) groups excluding carboxylic acids is 2. The van der Waals surface area contributed by atoms with Gasteiger partial charge in [-0.25, -0.2) is 4.98 Å². The SMILES string of the molecule is CCN1Cc2nc(N)sc2CC1(C)C.O=C=O. The molecular weight excluding hydrogens is 238 g/mol. The molecule has 1 aliphatic rings. The van der Waals surface area contributed by atoms with Gasteiger partial charge in [-0.2, -0.15) is 9.59 Å². The Labute approximate surface area is 105 Å². The predicted octanol–water partition coefficient (Wildman–Crippen LogP) is 1.30.